The maximum Gasteiger partial charge on any atom is 0.251 e. The van der Waals surface area contributed by atoms with E-state index in [1.165, 1.54) is 57.8 Å². The van der Waals surface area contributed by atoms with Crippen LogP contribution in [0.1, 0.15) is 88.9 Å². The summed E-state index contributed by atoms with van der Waals surface area (Å²) in [4.78, 5) is 12.8. The molecule has 30 heavy (non-hydrogen) atoms. The van der Waals surface area contributed by atoms with Gasteiger partial charge in [-0.25, -0.2) is 0 Å². The number of carbonyl (C=O) groups is 1. The Balaban J connectivity index is 1.29. The Kier molecular flexibility index (Phi) is 5.48. The van der Waals surface area contributed by atoms with Gasteiger partial charge in [0.2, 0.25) is 0 Å². The fourth-order valence-corrected chi connectivity index (χ4v) is 8.93. The van der Waals surface area contributed by atoms with Crippen LogP contribution in [0.2, 0.25) is 0 Å². The molecule has 3 unspecified atom stereocenters. The lowest BCUT2D eigenvalue weighted by Gasteiger charge is -2.56. The van der Waals surface area contributed by atoms with Crippen molar-refractivity contribution in [1.82, 2.24) is 5.32 Å². The van der Waals surface area contributed by atoms with Gasteiger partial charge in [-0.1, -0.05) is 38.5 Å². The quantitative estimate of drug-likeness (QED) is 0.593. The van der Waals surface area contributed by atoms with Gasteiger partial charge in [0.05, 0.1) is 0 Å². The number of hydrogen-bond donors (Lipinski definition) is 1. The number of fused-ring (bicyclic) bond motifs is 5. The van der Waals surface area contributed by atoms with Crippen molar-refractivity contribution in [3.05, 3.63) is 35.9 Å². The van der Waals surface area contributed by atoms with Crippen molar-refractivity contribution in [2.45, 2.75) is 84.6 Å². The number of rotatable bonds is 3. The van der Waals surface area contributed by atoms with Crippen molar-refractivity contribution in [3.8, 4) is 0 Å². The summed E-state index contributed by atoms with van der Waals surface area (Å²) < 4.78 is 0. The van der Waals surface area contributed by atoms with Crippen LogP contribution in [0.5, 0.6) is 0 Å². The highest BCUT2D eigenvalue weighted by Gasteiger charge is 2.57. The van der Waals surface area contributed by atoms with Crippen LogP contribution in [0.4, 0.5) is 0 Å². The monoisotopic (exact) mass is 407 g/mol. The van der Waals surface area contributed by atoms with E-state index in [4.69, 9.17) is 0 Å². The second-order valence-electron chi connectivity index (χ2n) is 11.7. The second kappa shape index (κ2) is 7.99. The van der Waals surface area contributed by atoms with Gasteiger partial charge in [0.15, 0.2) is 0 Å². The largest absolute Gasteiger partial charge is 0.349 e. The van der Waals surface area contributed by atoms with Crippen molar-refractivity contribution in [1.29, 1.82) is 0 Å². The third-order valence-corrected chi connectivity index (χ3v) is 10.3. The summed E-state index contributed by atoms with van der Waals surface area (Å²) in [5.74, 6) is 6.59. The van der Waals surface area contributed by atoms with Gasteiger partial charge < -0.3 is 5.32 Å². The summed E-state index contributed by atoms with van der Waals surface area (Å²) in [6.45, 7) is 7.34. The summed E-state index contributed by atoms with van der Waals surface area (Å²) in [7, 11) is 0. The molecule has 5 rings (SSSR count). The van der Waals surface area contributed by atoms with Crippen LogP contribution in [-0.2, 0) is 0 Å². The van der Waals surface area contributed by atoms with Crippen molar-refractivity contribution in [2.24, 2.45) is 46.8 Å². The van der Waals surface area contributed by atoms with E-state index >= 15 is 0 Å². The molecule has 1 aromatic rings. The maximum atomic E-state index is 12.8. The van der Waals surface area contributed by atoms with Gasteiger partial charge in [0.25, 0.3) is 5.91 Å². The van der Waals surface area contributed by atoms with Gasteiger partial charge in [0.1, 0.15) is 0 Å². The molecule has 9 atom stereocenters. The summed E-state index contributed by atoms with van der Waals surface area (Å²) >= 11 is 0. The third-order valence-electron chi connectivity index (χ3n) is 10.3. The highest BCUT2D eigenvalue weighted by Crippen LogP contribution is 2.64. The molecule has 4 aliphatic rings. The van der Waals surface area contributed by atoms with E-state index in [9.17, 15) is 4.79 Å². The fourth-order valence-electron chi connectivity index (χ4n) is 8.93. The van der Waals surface area contributed by atoms with Crippen LogP contribution in [0.3, 0.4) is 0 Å². The Labute approximate surface area is 183 Å². The van der Waals surface area contributed by atoms with Gasteiger partial charge in [-0.05, 0) is 117 Å². The molecule has 1 N–H and O–H groups in total. The predicted octanol–water partition coefficient (Wildman–Crippen LogP) is 6.71. The first-order chi connectivity index (χ1) is 14.5. The number of hydrogen-bond acceptors (Lipinski definition) is 1. The Bertz CT molecular complexity index is 759. The minimum Gasteiger partial charge on any atom is -0.349 e. The van der Waals surface area contributed by atoms with Crippen molar-refractivity contribution >= 4 is 5.91 Å². The van der Waals surface area contributed by atoms with Crippen LogP contribution in [-0.4, -0.2) is 11.9 Å². The average Bonchev–Trinajstić information content (AvgIpc) is 3.11. The first-order valence-corrected chi connectivity index (χ1v) is 12.8. The van der Waals surface area contributed by atoms with Gasteiger partial charge in [-0.2, -0.15) is 0 Å². The van der Waals surface area contributed by atoms with E-state index in [0.717, 1.165) is 41.1 Å². The Morgan fingerprint density at radius 1 is 0.967 bits per heavy atom. The molecule has 0 aromatic heterocycles. The number of amides is 1. The first-order valence-electron chi connectivity index (χ1n) is 12.8. The average molecular weight is 408 g/mol. The molecule has 4 aliphatic carbocycles. The molecule has 1 aromatic carbocycles. The highest BCUT2D eigenvalue weighted by molar-refractivity contribution is 5.94. The molecule has 0 radical (unpaired) electrons. The van der Waals surface area contributed by atoms with E-state index in [-0.39, 0.29) is 11.9 Å². The van der Waals surface area contributed by atoms with Crippen LogP contribution < -0.4 is 5.32 Å². The molecule has 2 nitrogen and oxygen atoms in total. The lowest BCUT2D eigenvalue weighted by Crippen LogP contribution is -2.51. The summed E-state index contributed by atoms with van der Waals surface area (Å²) in [6.07, 6.45) is 13.0. The molecular weight excluding hydrogens is 366 g/mol. The third kappa shape index (κ3) is 3.43. The van der Waals surface area contributed by atoms with E-state index in [1.54, 1.807) is 0 Å². The molecule has 0 bridgehead atoms. The molecule has 2 heteroatoms. The number of benzene rings is 1. The Hall–Kier alpha value is -1.31. The summed E-state index contributed by atoms with van der Waals surface area (Å²) in [6, 6.07) is 10.00. The van der Waals surface area contributed by atoms with Crippen LogP contribution >= 0.6 is 0 Å². The second-order valence-corrected chi connectivity index (χ2v) is 11.7. The van der Waals surface area contributed by atoms with Crippen molar-refractivity contribution in [3.63, 3.8) is 0 Å². The zero-order chi connectivity index (χ0) is 20.9. The van der Waals surface area contributed by atoms with E-state index in [2.05, 4.69) is 26.1 Å². The van der Waals surface area contributed by atoms with Gasteiger partial charge in [0, 0.05) is 11.6 Å². The van der Waals surface area contributed by atoms with Crippen molar-refractivity contribution in [2.75, 3.05) is 0 Å². The maximum absolute atomic E-state index is 12.8. The molecule has 0 aliphatic heterocycles. The fraction of sp³-hybridized carbons (Fsp3) is 0.750. The molecule has 0 heterocycles. The Morgan fingerprint density at radius 3 is 2.53 bits per heavy atom. The zero-order valence-electron chi connectivity index (χ0n) is 19.3. The van der Waals surface area contributed by atoms with Gasteiger partial charge in [-0.15, -0.1) is 0 Å². The molecular formula is C28H41NO. The molecule has 4 fully saturated rings. The first kappa shape index (κ1) is 20.6. The van der Waals surface area contributed by atoms with Crippen LogP contribution in [0.25, 0.3) is 0 Å². The highest BCUT2D eigenvalue weighted by atomic mass is 16.1. The van der Waals surface area contributed by atoms with E-state index < -0.39 is 0 Å². The van der Waals surface area contributed by atoms with Crippen LogP contribution in [0, 0.1) is 46.8 Å². The molecule has 0 spiro atoms. The molecule has 164 valence electrons. The number of nitrogens with one attached hydrogen (secondary N) is 1. The predicted molar refractivity (Wildman–Crippen MR) is 123 cm³/mol. The standard InChI is InChI=1S/C28H41NO/c1-18-9-11-22-21(17-18)10-12-24-23(22)15-16-28(3)25(13-14-26(24)28)19(2)29-27(30)20-7-5-4-6-8-20/h4-8,18-19,21-26H,9-17H2,1-3H3,(H,29,30)/t18-,19+,21+,22-,23?,24+,25?,26?,28+/m0/s1. The van der Waals surface area contributed by atoms with Gasteiger partial charge in [-0.3, -0.25) is 4.79 Å². The molecule has 1 amide bonds. The topological polar surface area (TPSA) is 29.1 Å². The van der Waals surface area contributed by atoms with Gasteiger partial charge >= 0.3 is 0 Å². The van der Waals surface area contributed by atoms with E-state index in [0.29, 0.717) is 11.3 Å². The number of carbonyl (C=O) groups excluding carboxylic acids is 1. The van der Waals surface area contributed by atoms with Crippen molar-refractivity contribution < 1.29 is 4.79 Å². The smallest absolute Gasteiger partial charge is 0.251 e. The molecule has 0 saturated heterocycles. The Morgan fingerprint density at radius 2 is 1.73 bits per heavy atom. The minimum atomic E-state index is 0.0978. The minimum absolute atomic E-state index is 0.0978. The van der Waals surface area contributed by atoms with E-state index in [1.807, 2.05) is 30.3 Å². The zero-order valence-corrected chi connectivity index (χ0v) is 19.3. The SMILES string of the molecule is C[C@H]1CC[C@@H]2C3CC[C@@]4(C)C(CCC4[C@@H](C)NC(=O)c4ccccc4)[C@@H]3CC[C@@H]2C1. The summed E-state index contributed by atoms with van der Waals surface area (Å²) in [5, 5.41) is 3.38. The van der Waals surface area contributed by atoms with Crippen LogP contribution in [0.15, 0.2) is 30.3 Å². The normalized spacial score (nSPS) is 43.8. The lowest BCUT2D eigenvalue weighted by molar-refractivity contribution is -0.0698. The molecule has 4 saturated carbocycles. The lowest BCUT2D eigenvalue weighted by atomic mass is 9.49. The summed E-state index contributed by atoms with van der Waals surface area (Å²) in [5.41, 5.74) is 1.21.